The smallest absolute Gasteiger partial charge is 0.417 e. The maximum absolute atomic E-state index is 12.4. The first-order valence-corrected chi connectivity index (χ1v) is 3.76. The molecule has 0 amide bonds. The Morgan fingerprint density at radius 1 is 1.33 bits per heavy atom. The Hall–Kier alpha value is -1.40. The van der Waals surface area contributed by atoms with Crippen molar-refractivity contribution in [1.82, 2.24) is 4.98 Å². The van der Waals surface area contributed by atoms with E-state index in [-0.39, 0.29) is 0 Å². The molecule has 0 aliphatic carbocycles. The fourth-order valence-electron chi connectivity index (χ4n) is 1.07. The number of rotatable bonds is 2. The van der Waals surface area contributed by atoms with Gasteiger partial charge in [-0.2, -0.15) is 13.2 Å². The van der Waals surface area contributed by atoms with Crippen molar-refractivity contribution in [1.29, 1.82) is 0 Å². The molecule has 0 saturated heterocycles. The molecular weight excluding hydrogens is 221 g/mol. The summed E-state index contributed by atoms with van der Waals surface area (Å²) < 4.78 is 66.0. The standard InChI is InChI=1S/C8H6F5NO/c1-15-7-5(6(9)10)4(2-3-14-7)8(11,12)13/h2-3,6H,1H3. The maximum Gasteiger partial charge on any atom is 0.417 e. The van der Waals surface area contributed by atoms with Crippen LogP contribution in [0.5, 0.6) is 5.88 Å². The van der Waals surface area contributed by atoms with Gasteiger partial charge in [0.05, 0.1) is 18.2 Å². The predicted molar refractivity (Wildman–Crippen MR) is 40.7 cm³/mol. The van der Waals surface area contributed by atoms with E-state index in [0.717, 1.165) is 13.3 Å². The molecule has 0 saturated carbocycles. The first-order chi connectivity index (χ1) is 6.88. The zero-order valence-electron chi connectivity index (χ0n) is 7.48. The Morgan fingerprint density at radius 2 is 1.93 bits per heavy atom. The summed E-state index contributed by atoms with van der Waals surface area (Å²) in [7, 11) is 0.981. The summed E-state index contributed by atoms with van der Waals surface area (Å²) in [5, 5.41) is 0. The highest BCUT2D eigenvalue weighted by Gasteiger charge is 2.37. The number of pyridine rings is 1. The molecule has 0 atom stereocenters. The van der Waals surface area contributed by atoms with E-state index in [0.29, 0.717) is 6.07 Å². The number of alkyl halides is 5. The van der Waals surface area contributed by atoms with Crippen LogP contribution in [0, 0.1) is 0 Å². The number of halogens is 5. The maximum atomic E-state index is 12.4. The fraction of sp³-hybridized carbons (Fsp3) is 0.375. The minimum Gasteiger partial charge on any atom is -0.481 e. The quantitative estimate of drug-likeness (QED) is 0.724. The second-order valence-corrected chi connectivity index (χ2v) is 2.58. The number of ether oxygens (including phenoxy) is 1. The molecule has 0 N–H and O–H groups in total. The number of hydrogen-bond donors (Lipinski definition) is 0. The second-order valence-electron chi connectivity index (χ2n) is 2.58. The van der Waals surface area contributed by atoms with Crippen LogP contribution >= 0.6 is 0 Å². The van der Waals surface area contributed by atoms with Crippen molar-refractivity contribution in [2.45, 2.75) is 12.6 Å². The number of nitrogens with zero attached hydrogens (tertiary/aromatic N) is 1. The predicted octanol–water partition coefficient (Wildman–Crippen LogP) is 3.05. The van der Waals surface area contributed by atoms with Crippen LogP contribution in [-0.4, -0.2) is 12.1 Å². The Bertz CT molecular complexity index is 349. The van der Waals surface area contributed by atoms with E-state index >= 15 is 0 Å². The summed E-state index contributed by atoms with van der Waals surface area (Å²) in [6.07, 6.45) is -7.36. The monoisotopic (exact) mass is 227 g/mol. The molecule has 0 radical (unpaired) electrons. The summed E-state index contributed by atoms with van der Waals surface area (Å²) in [6.45, 7) is 0. The van der Waals surface area contributed by atoms with Crippen LogP contribution in [0.2, 0.25) is 0 Å². The van der Waals surface area contributed by atoms with Crippen molar-refractivity contribution in [3.8, 4) is 5.88 Å². The van der Waals surface area contributed by atoms with Gasteiger partial charge < -0.3 is 4.74 Å². The SMILES string of the molecule is COc1nccc(C(F)(F)F)c1C(F)F. The first kappa shape index (κ1) is 11.7. The van der Waals surface area contributed by atoms with Crippen LogP contribution in [0.25, 0.3) is 0 Å². The largest absolute Gasteiger partial charge is 0.481 e. The van der Waals surface area contributed by atoms with Crippen molar-refractivity contribution in [3.05, 3.63) is 23.4 Å². The second kappa shape index (κ2) is 4.00. The van der Waals surface area contributed by atoms with Gasteiger partial charge in [-0.1, -0.05) is 0 Å². The van der Waals surface area contributed by atoms with Crippen molar-refractivity contribution in [2.75, 3.05) is 7.11 Å². The number of methoxy groups -OCH3 is 1. The zero-order valence-corrected chi connectivity index (χ0v) is 7.48. The summed E-state index contributed by atoms with van der Waals surface area (Å²) in [5.41, 5.74) is -2.66. The molecule has 0 aromatic carbocycles. The van der Waals surface area contributed by atoms with Crippen LogP contribution in [0.1, 0.15) is 17.6 Å². The molecule has 15 heavy (non-hydrogen) atoms. The lowest BCUT2D eigenvalue weighted by Crippen LogP contribution is -2.11. The Kier molecular flexibility index (Phi) is 3.11. The summed E-state index contributed by atoms with van der Waals surface area (Å²) >= 11 is 0. The molecule has 0 fully saturated rings. The van der Waals surface area contributed by atoms with Crippen LogP contribution in [0.4, 0.5) is 22.0 Å². The molecule has 0 spiro atoms. The van der Waals surface area contributed by atoms with E-state index < -0.39 is 29.6 Å². The van der Waals surface area contributed by atoms with E-state index in [4.69, 9.17) is 0 Å². The van der Waals surface area contributed by atoms with Crippen molar-refractivity contribution in [3.63, 3.8) is 0 Å². The summed E-state index contributed by atoms with van der Waals surface area (Å²) in [4.78, 5) is 3.29. The van der Waals surface area contributed by atoms with E-state index in [9.17, 15) is 22.0 Å². The Labute approximate surface area is 81.7 Å². The average molecular weight is 227 g/mol. The minimum atomic E-state index is -4.85. The topological polar surface area (TPSA) is 22.1 Å². The third-order valence-electron chi connectivity index (χ3n) is 1.67. The molecule has 0 aliphatic heterocycles. The molecule has 0 bridgehead atoms. The molecular formula is C8H6F5NO. The first-order valence-electron chi connectivity index (χ1n) is 3.76. The molecule has 1 rings (SSSR count). The van der Waals surface area contributed by atoms with Crippen molar-refractivity contribution in [2.24, 2.45) is 0 Å². The highest BCUT2D eigenvalue weighted by molar-refractivity contribution is 5.37. The molecule has 0 aliphatic rings. The highest BCUT2D eigenvalue weighted by Crippen LogP contribution is 2.39. The van der Waals surface area contributed by atoms with Gasteiger partial charge in [0.15, 0.2) is 0 Å². The minimum absolute atomic E-state index is 0.490. The molecule has 7 heteroatoms. The normalized spacial score (nSPS) is 11.9. The summed E-state index contributed by atoms with van der Waals surface area (Å²) in [5.74, 6) is -0.708. The van der Waals surface area contributed by atoms with Gasteiger partial charge in [-0.15, -0.1) is 0 Å². The molecule has 1 aromatic heterocycles. The van der Waals surface area contributed by atoms with E-state index in [1.165, 1.54) is 0 Å². The van der Waals surface area contributed by atoms with Gasteiger partial charge in [-0.25, -0.2) is 13.8 Å². The third kappa shape index (κ3) is 2.34. The lowest BCUT2D eigenvalue weighted by molar-refractivity contribution is -0.139. The van der Waals surface area contributed by atoms with Gasteiger partial charge in [0.2, 0.25) is 5.88 Å². The van der Waals surface area contributed by atoms with E-state index in [1.807, 2.05) is 0 Å². The lowest BCUT2D eigenvalue weighted by atomic mass is 10.1. The van der Waals surface area contributed by atoms with Gasteiger partial charge >= 0.3 is 6.18 Å². The van der Waals surface area contributed by atoms with Gasteiger partial charge in [0.25, 0.3) is 6.43 Å². The van der Waals surface area contributed by atoms with Gasteiger partial charge in [-0.05, 0) is 6.07 Å². The number of hydrogen-bond acceptors (Lipinski definition) is 2. The van der Waals surface area contributed by atoms with Crippen LogP contribution < -0.4 is 4.74 Å². The highest BCUT2D eigenvalue weighted by atomic mass is 19.4. The molecule has 84 valence electrons. The molecule has 2 nitrogen and oxygen atoms in total. The summed E-state index contributed by atoms with van der Waals surface area (Å²) in [6, 6.07) is 0.490. The van der Waals surface area contributed by atoms with Gasteiger partial charge in [0, 0.05) is 6.20 Å². The van der Waals surface area contributed by atoms with Crippen molar-refractivity contribution < 1.29 is 26.7 Å². The molecule has 1 aromatic rings. The van der Waals surface area contributed by atoms with Crippen molar-refractivity contribution >= 4 is 0 Å². The molecule has 1 heterocycles. The van der Waals surface area contributed by atoms with Crippen LogP contribution in [0.3, 0.4) is 0 Å². The van der Waals surface area contributed by atoms with Crippen LogP contribution in [0.15, 0.2) is 12.3 Å². The lowest BCUT2D eigenvalue weighted by Gasteiger charge is -2.14. The third-order valence-corrected chi connectivity index (χ3v) is 1.67. The van der Waals surface area contributed by atoms with Gasteiger partial charge in [0.1, 0.15) is 0 Å². The molecule has 0 unspecified atom stereocenters. The Morgan fingerprint density at radius 3 is 2.33 bits per heavy atom. The van der Waals surface area contributed by atoms with Gasteiger partial charge in [-0.3, -0.25) is 0 Å². The fourth-order valence-corrected chi connectivity index (χ4v) is 1.07. The van der Waals surface area contributed by atoms with E-state index in [1.54, 1.807) is 0 Å². The van der Waals surface area contributed by atoms with Crippen LogP contribution in [-0.2, 0) is 6.18 Å². The Balaban J connectivity index is 3.39. The number of aromatic nitrogens is 1. The average Bonchev–Trinajstić information content (AvgIpc) is 2.15. The van der Waals surface area contributed by atoms with E-state index in [2.05, 4.69) is 9.72 Å². The zero-order chi connectivity index (χ0) is 11.6.